The molecule has 2 atom stereocenters. The number of nitrogens with zero attached hydrogens (tertiary/aromatic N) is 1. The Morgan fingerprint density at radius 3 is 1.75 bits per heavy atom. The van der Waals surface area contributed by atoms with E-state index in [0.717, 1.165) is 30.7 Å². The van der Waals surface area contributed by atoms with Crippen molar-refractivity contribution < 1.29 is 42.4 Å². The standard InChI is InChI=1S/C49H81N2O9PS2/c1-3-5-7-9-11-13-15-17-19-21-23-25-27-29-31-36-48(53)57-43-45(60-49(54)37-32-30-28-26-24-22-20-18-16-14-12-10-8-6-4-2)44-59-61(55,56)58-41-40-50-46(52)38-42-62-63-47-35-33-34-39-51-47/h27-37,39,45H,3-26,38,40-44H2,1-2H3,(H,50,52)(H,55,56)/t45-/m1/s1. The lowest BCUT2D eigenvalue weighted by Crippen LogP contribution is -2.29. The van der Waals surface area contributed by atoms with Crippen LogP contribution in [0.15, 0.2) is 78.0 Å². The maximum atomic E-state index is 12.7. The Morgan fingerprint density at radius 1 is 0.698 bits per heavy atom. The topological polar surface area (TPSA) is 150 Å². The van der Waals surface area contributed by atoms with Crippen LogP contribution in [-0.4, -0.2) is 65.9 Å². The zero-order valence-electron chi connectivity index (χ0n) is 38.6. The maximum Gasteiger partial charge on any atom is 0.472 e. The Kier molecular flexibility index (Phi) is 40.0. The van der Waals surface area contributed by atoms with Gasteiger partial charge in [0, 0.05) is 37.1 Å². The first-order valence-electron chi connectivity index (χ1n) is 23.9. The first-order chi connectivity index (χ1) is 30.8. The van der Waals surface area contributed by atoms with Crippen LogP contribution in [0.4, 0.5) is 0 Å². The van der Waals surface area contributed by atoms with E-state index in [2.05, 4.69) is 24.1 Å². The summed E-state index contributed by atoms with van der Waals surface area (Å²) >= 11 is 0. The Balaban J connectivity index is 2.47. The van der Waals surface area contributed by atoms with E-state index in [1.807, 2.05) is 30.4 Å². The number of esters is 2. The molecule has 0 aliphatic carbocycles. The smallest absolute Gasteiger partial charge is 0.458 e. The molecule has 0 aromatic carbocycles. The summed E-state index contributed by atoms with van der Waals surface area (Å²) < 4.78 is 33.5. The third kappa shape index (κ3) is 40.6. The van der Waals surface area contributed by atoms with Gasteiger partial charge in [-0.25, -0.2) is 19.1 Å². The van der Waals surface area contributed by atoms with Crippen molar-refractivity contribution >= 4 is 47.3 Å². The van der Waals surface area contributed by atoms with Crippen molar-refractivity contribution in [2.24, 2.45) is 0 Å². The summed E-state index contributed by atoms with van der Waals surface area (Å²) in [5, 5.41) is 3.49. The molecule has 0 bridgehead atoms. The summed E-state index contributed by atoms with van der Waals surface area (Å²) in [6, 6.07) is 5.61. The highest BCUT2D eigenvalue weighted by molar-refractivity contribution is 8.76. The van der Waals surface area contributed by atoms with Gasteiger partial charge in [0.05, 0.1) is 13.2 Å². The fraction of sp³-hybridized carbons (Fsp3) is 0.673. The van der Waals surface area contributed by atoms with Gasteiger partial charge in [-0.15, -0.1) is 0 Å². The molecule has 1 unspecified atom stereocenters. The molecule has 1 rings (SSSR count). The van der Waals surface area contributed by atoms with Crippen molar-refractivity contribution in [3.63, 3.8) is 0 Å². The predicted molar refractivity (Wildman–Crippen MR) is 261 cm³/mol. The van der Waals surface area contributed by atoms with E-state index in [-0.39, 0.29) is 25.5 Å². The number of phosphoric ester groups is 1. The highest BCUT2D eigenvalue weighted by Crippen LogP contribution is 2.43. The molecule has 358 valence electrons. The van der Waals surface area contributed by atoms with Gasteiger partial charge in [0.2, 0.25) is 5.91 Å². The summed E-state index contributed by atoms with van der Waals surface area (Å²) in [5.74, 6) is -1.07. The molecule has 0 fully saturated rings. The Labute approximate surface area is 388 Å². The quantitative estimate of drug-likeness (QED) is 0.0160. The van der Waals surface area contributed by atoms with Gasteiger partial charge in [0.15, 0.2) is 6.10 Å². The molecule has 0 aliphatic heterocycles. The second kappa shape index (κ2) is 43.2. The van der Waals surface area contributed by atoms with Crippen LogP contribution in [0.25, 0.3) is 0 Å². The number of hydrogen-bond acceptors (Lipinski definition) is 11. The fourth-order valence-corrected chi connectivity index (χ4v) is 8.92. The van der Waals surface area contributed by atoms with Crippen molar-refractivity contribution in [2.45, 2.75) is 185 Å². The van der Waals surface area contributed by atoms with Gasteiger partial charge in [0.25, 0.3) is 0 Å². The van der Waals surface area contributed by atoms with Gasteiger partial charge in [-0.3, -0.25) is 13.8 Å². The molecule has 2 N–H and O–H groups in total. The highest BCUT2D eigenvalue weighted by atomic mass is 33.1. The van der Waals surface area contributed by atoms with Crippen LogP contribution < -0.4 is 5.32 Å². The van der Waals surface area contributed by atoms with Gasteiger partial charge < -0.3 is 19.7 Å². The Bertz CT molecular complexity index is 1440. The van der Waals surface area contributed by atoms with Crippen molar-refractivity contribution in [1.29, 1.82) is 0 Å². The molecule has 1 amide bonds. The summed E-state index contributed by atoms with van der Waals surface area (Å²) in [5.41, 5.74) is 0. The fourth-order valence-electron chi connectivity index (χ4n) is 6.30. The minimum Gasteiger partial charge on any atom is -0.458 e. The number of unbranched alkanes of at least 4 members (excludes halogenated alkanes) is 22. The number of aromatic nitrogens is 1. The third-order valence-electron chi connectivity index (χ3n) is 9.90. The molecular weight excluding hydrogens is 856 g/mol. The lowest BCUT2D eigenvalue weighted by molar-refractivity contribution is -0.154. The van der Waals surface area contributed by atoms with Gasteiger partial charge in [-0.05, 0) is 48.6 Å². The van der Waals surface area contributed by atoms with Gasteiger partial charge >= 0.3 is 19.8 Å². The van der Waals surface area contributed by atoms with E-state index in [1.54, 1.807) is 30.5 Å². The van der Waals surface area contributed by atoms with Crippen molar-refractivity contribution in [3.8, 4) is 0 Å². The number of amides is 1. The number of ether oxygens (including phenoxy) is 2. The largest absolute Gasteiger partial charge is 0.472 e. The number of carbonyl (C=O) groups is 3. The number of phosphoric acid groups is 1. The monoisotopic (exact) mass is 937 g/mol. The molecule has 1 aromatic rings. The van der Waals surface area contributed by atoms with Gasteiger partial charge in [-0.1, -0.05) is 196 Å². The SMILES string of the molecule is CCCCCCCCCCCCCC=CC=CC(=O)OC[C@H](COP(=O)(O)OCCNC(=O)CCSSc1ccccn1)OC(=O)C=CC=CCCCCCCCCCCCCC. The van der Waals surface area contributed by atoms with E-state index < -0.39 is 39.1 Å². The van der Waals surface area contributed by atoms with E-state index in [9.17, 15) is 23.8 Å². The van der Waals surface area contributed by atoms with Crippen LogP contribution in [0.2, 0.25) is 0 Å². The number of carbonyl (C=O) groups excluding carboxylic acids is 3. The molecule has 0 spiro atoms. The zero-order valence-corrected chi connectivity index (χ0v) is 41.2. The average Bonchev–Trinajstić information content (AvgIpc) is 3.28. The third-order valence-corrected chi connectivity index (χ3v) is 13.1. The molecule has 0 saturated carbocycles. The minimum absolute atomic E-state index is 0.0154. The molecule has 14 heteroatoms. The average molecular weight is 937 g/mol. The highest BCUT2D eigenvalue weighted by Gasteiger charge is 2.25. The molecule has 0 radical (unpaired) electrons. The number of hydrogen-bond donors (Lipinski definition) is 2. The normalized spacial score (nSPS) is 13.3. The number of allylic oxidation sites excluding steroid dienone is 6. The Hall–Kier alpha value is -2.67. The summed E-state index contributed by atoms with van der Waals surface area (Å²) in [7, 11) is -1.63. The number of rotatable bonds is 43. The van der Waals surface area contributed by atoms with Gasteiger partial charge in [0.1, 0.15) is 11.6 Å². The van der Waals surface area contributed by atoms with Crippen molar-refractivity contribution in [2.75, 3.05) is 32.1 Å². The first kappa shape index (κ1) is 58.3. The number of pyridine rings is 1. The van der Waals surface area contributed by atoms with E-state index in [4.69, 9.17) is 18.5 Å². The van der Waals surface area contributed by atoms with Crippen molar-refractivity contribution in [1.82, 2.24) is 10.3 Å². The van der Waals surface area contributed by atoms with Gasteiger partial charge in [-0.2, -0.15) is 0 Å². The van der Waals surface area contributed by atoms with Crippen LogP contribution in [0.3, 0.4) is 0 Å². The molecule has 63 heavy (non-hydrogen) atoms. The molecule has 0 saturated heterocycles. The number of nitrogens with one attached hydrogen (secondary N) is 1. The van der Waals surface area contributed by atoms with Crippen LogP contribution >= 0.6 is 29.4 Å². The second-order valence-corrected chi connectivity index (χ2v) is 19.6. The second-order valence-electron chi connectivity index (χ2n) is 15.7. The predicted octanol–water partition coefficient (Wildman–Crippen LogP) is 13.5. The molecular formula is C49H81N2O9PS2. The first-order valence-corrected chi connectivity index (χ1v) is 27.7. The molecule has 11 nitrogen and oxygen atoms in total. The van der Waals surface area contributed by atoms with E-state index in [1.165, 1.54) is 162 Å². The Morgan fingerprint density at radius 2 is 1.22 bits per heavy atom. The molecule has 1 heterocycles. The van der Waals surface area contributed by atoms with E-state index in [0.29, 0.717) is 5.75 Å². The lowest BCUT2D eigenvalue weighted by atomic mass is 10.1. The van der Waals surface area contributed by atoms with Crippen LogP contribution in [-0.2, 0) is 37.5 Å². The molecule has 1 aromatic heterocycles. The van der Waals surface area contributed by atoms with Crippen LogP contribution in [0.1, 0.15) is 174 Å². The summed E-state index contributed by atoms with van der Waals surface area (Å²) in [6.45, 7) is 3.20. The lowest BCUT2D eigenvalue weighted by Gasteiger charge is -2.19. The van der Waals surface area contributed by atoms with E-state index >= 15 is 0 Å². The van der Waals surface area contributed by atoms with Crippen molar-refractivity contribution in [3.05, 3.63) is 73.0 Å². The van der Waals surface area contributed by atoms with Crippen LogP contribution in [0.5, 0.6) is 0 Å². The van der Waals surface area contributed by atoms with Crippen LogP contribution in [0, 0.1) is 0 Å². The summed E-state index contributed by atoms with van der Waals surface area (Å²) in [6.07, 6.45) is 44.1. The maximum absolute atomic E-state index is 12.7. The minimum atomic E-state index is -4.61. The zero-order chi connectivity index (χ0) is 45.7. The molecule has 0 aliphatic rings. The summed E-state index contributed by atoms with van der Waals surface area (Å²) in [4.78, 5) is 51.8.